The zero-order chi connectivity index (χ0) is 18.6. The minimum absolute atomic E-state index is 0.240. The molecule has 0 saturated heterocycles. The second-order valence-corrected chi connectivity index (χ2v) is 6.07. The Labute approximate surface area is 152 Å². The van der Waals surface area contributed by atoms with Gasteiger partial charge in [0.05, 0.1) is 29.1 Å². The number of hydrogen-bond acceptors (Lipinski definition) is 3. The average Bonchev–Trinajstić information content (AvgIpc) is 2.55. The lowest BCUT2D eigenvalue weighted by Gasteiger charge is -2.13. The summed E-state index contributed by atoms with van der Waals surface area (Å²) in [5.74, 6) is -0.121. The van der Waals surface area contributed by atoms with Crippen molar-refractivity contribution in [3.05, 3.63) is 63.6 Å². The van der Waals surface area contributed by atoms with E-state index < -0.39 is 25.2 Å². The molecule has 2 aromatic carbocycles. The van der Waals surface area contributed by atoms with Crippen molar-refractivity contribution >= 4 is 29.0 Å². The maximum absolute atomic E-state index is 12.4. The van der Waals surface area contributed by atoms with Crippen LogP contribution < -0.4 is 10.5 Å². The van der Waals surface area contributed by atoms with E-state index in [4.69, 9.17) is 33.7 Å². The van der Waals surface area contributed by atoms with Crippen molar-refractivity contribution in [2.24, 2.45) is 5.73 Å². The first-order chi connectivity index (χ1) is 11.7. The molecule has 0 aliphatic heterocycles. The van der Waals surface area contributed by atoms with Gasteiger partial charge in [-0.1, -0.05) is 29.3 Å². The molecular weight excluding hydrogens is 378 g/mol. The molecule has 8 heteroatoms. The summed E-state index contributed by atoms with van der Waals surface area (Å²) in [4.78, 5) is 12.4. The van der Waals surface area contributed by atoms with Crippen LogP contribution in [0.4, 0.5) is 13.2 Å². The molecule has 0 fully saturated rings. The molecular formula is C17H14Cl2F3NO2. The van der Waals surface area contributed by atoms with Gasteiger partial charge in [0.25, 0.3) is 0 Å². The van der Waals surface area contributed by atoms with Gasteiger partial charge in [0.15, 0.2) is 5.78 Å². The first-order valence-electron chi connectivity index (χ1n) is 7.22. The van der Waals surface area contributed by atoms with E-state index in [9.17, 15) is 18.0 Å². The van der Waals surface area contributed by atoms with Crippen molar-refractivity contribution in [2.45, 2.75) is 18.6 Å². The zero-order valence-electron chi connectivity index (χ0n) is 12.8. The predicted octanol–water partition coefficient (Wildman–Crippen LogP) is 5.21. The second-order valence-electron chi connectivity index (χ2n) is 5.25. The van der Waals surface area contributed by atoms with E-state index in [2.05, 4.69) is 0 Å². The second kappa shape index (κ2) is 8.08. The van der Waals surface area contributed by atoms with Crippen LogP contribution in [-0.2, 0) is 0 Å². The number of ketones is 1. The molecule has 3 nitrogen and oxygen atoms in total. The van der Waals surface area contributed by atoms with Crippen LogP contribution in [0.1, 0.15) is 28.4 Å². The minimum Gasteiger partial charge on any atom is -0.493 e. The van der Waals surface area contributed by atoms with E-state index in [1.54, 1.807) is 12.1 Å². The fourth-order valence-corrected chi connectivity index (χ4v) is 2.34. The van der Waals surface area contributed by atoms with Crippen molar-refractivity contribution in [2.75, 3.05) is 6.61 Å². The molecule has 1 unspecified atom stereocenters. The van der Waals surface area contributed by atoms with Gasteiger partial charge < -0.3 is 10.5 Å². The quantitative estimate of drug-likeness (QED) is 0.687. The molecule has 1 atom stereocenters. The Balaban J connectivity index is 2.03. The molecule has 0 aliphatic carbocycles. The monoisotopic (exact) mass is 391 g/mol. The Morgan fingerprint density at radius 1 is 1.08 bits per heavy atom. The molecule has 0 amide bonds. The van der Waals surface area contributed by atoms with Gasteiger partial charge in [-0.25, -0.2) is 0 Å². The fraction of sp³-hybridized carbons (Fsp3) is 0.235. The lowest BCUT2D eigenvalue weighted by molar-refractivity contribution is -0.139. The van der Waals surface area contributed by atoms with E-state index in [1.165, 1.54) is 30.3 Å². The van der Waals surface area contributed by atoms with Gasteiger partial charge in [0.1, 0.15) is 5.75 Å². The Hall–Kier alpha value is -1.76. The Morgan fingerprint density at radius 2 is 1.72 bits per heavy atom. The van der Waals surface area contributed by atoms with Crippen LogP contribution in [0.25, 0.3) is 0 Å². The van der Waals surface area contributed by atoms with Gasteiger partial charge in [0.2, 0.25) is 0 Å². The molecule has 134 valence electrons. The standard InChI is InChI=1S/C17H14Cl2F3NO2/c18-13-6-3-11(9-14(13)19)15(23)16(24)10-1-4-12(5-2-10)25-8-7-17(20,21)22/h1-6,9,15H,7-8,23H2. The van der Waals surface area contributed by atoms with E-state index in [0.29, 0.717) is 16.1 Å². The summed E-state index contributed by atoms with van der Waals surface area (Å²) in [6.45, 7) is -0.487. The largest absolute Gasteiger partial charge is 0.493 e. The summed E-state index contributed by atoms with van der Waals surface area (Å²) >= 11 is 11.7. The summed E-state index contributed by atoms with van der Waals surface area (Å²) in [5.41, 5.74) is 6.76. The molecule has 0 aromatic heterocycles. The van der Waals surface area contributed by atoms with Gasteiger partial charge in [-0.3, -0.25) is 4.79 Å². The normalized spacial score (nSPS) is 12.7. The minimum atomic E-state index is -4.28. The lowest BCUT2D eigenvalue weighted by Crippen LogP contribution is -2.21. The lowest BCUT2D eigenvalue weighted by atomic mass is 9.98. The van der Waals surface area contributed by atoms with Crippen LogP contribution in [-0.4, -0.2) is 18.6 Å². The molecule has 0 bridgehead atoms. The first kappa shape index (κ1) is 19.6. The van der Waals surface area contributed by atoms with E-state index in [1.807, 2.05) is 0 Å². The maximum Gasteiger partial charge on any atom is 0.392 e. The topological polar surface area (TPSA) is 52.3 Å². The Morgan fingerprint density at radius 3 is 2.28 bits per heavy atom. The highest BCUT2D eigenvalue weighted by Gasteiger charge is 2.26. The number of halogens is 5. The van der Waals surface area contributed by atoms with Crippen molar-refractivity contribution in [1.82, 2.24) is 0 Å². The molecule has 2 aromatic rings. The fourth-order valence-electron chi connectivity index (χ4n) is 2.04. The molecule has 0 heterocycles. The van der Waals surface area contributed by atoms with Gasteiger partial charge in [-0.05, 0) is 42.0 Å². The highest BCUT2D eigenvalue weighted by Crippen LogP contribution is 2.27. The third-order valence-electron chi connectivity index (χ3n) is 3.38. The summed E-state index contributed by atoms with van der Waals surface area (Å²) < 4.78 is 41.2. The van der Waals surface area contributed by atoms with Gasteiger partial charge in [-0.2, -0.15) is 13.2 Å². The molecule has 2 rings (SSSR count). The van der Waals surface area contributed by atoms with Crippen LogP contribution in [0.5, 0.6) is 5.75 Å². The third kappa shape index (κ3) is 5.63. The summed E-state index contributed by atoms with van der Waals surface area (Å²) in [5, 5.41) is 0.640. The van der Waals surface area contributed by atoms with E-state index in [0.717, 1.165) is 0 Å². The van der Waals surface area contributed by atoms with Crippen LogP contribution in [0.2, 0.25) is 10.0 Å². The van der Waals surface area contributed by atoms with Gasteiger partial charge in [0, 0.05) is 5.56 Å². The number of alkyl halides is 3. The van der Waals surface area contributed by atoms with Gasteiger partial charge >= 0.3 is 6.18 Å². The maximum atomic E-state index is 12.4. The summed E-state index contributed by atoms with van der Waals surface area (Å²) in [7, 11) is 0. The number of Topliss-reactive ketones (excluding diaryl/α,β-unsaturated/α-hetero) is 1. The third-order valence-corrected chi connectivity index (χ3v) is 4.12. The van der Waals surface area contributed by atoms with Crippen LogP contribution in [0.15, 0.2) is 42.5 Å². The molecule has 2 N–H and O–H groups in total. The number of ether oxygens (including phenoxy) is 1. The van der Waals surface area contributed by atoms with Gasteiger partial charge in [-0.15, -0.1) is 0 Å². The van der Waals surface area contributed by atoms with Crippen molar-refractivity contribution in [1.29, 1.82) is 0 Å². The SMILES string of the molecule is NC(C(=O)c1ccc(OCCC(F)(F)F)cc1)c1ccc(Cl)c(Cl)c1. The highest BCUT2D eigenvalue weighted by molar-refractivity contribution is 6.42. The first-order valence-corrected chi connectivity index (χ1v) is 7.97. The number of hydrogen-bond donors (Lipinski definition) is 1. The predicted molar refractivity (Wildman–Crippen MR) is 90.3 cm³/mol. The van der Waals surface area contributed by atoms with Crippen molar-refractivity contribution < 1.29 is 22.7 Å². The molecule has 0 aliphatic rings. The van der Waals surface area contributed by atoms with E-state index >= 15 is 0 Å². The van der Waals surface area contributed by atoms with Crippen LogP contribution >= 0.6 is 23.2 Å². The summed E-state index contributed by atoms with van der Waals surface area (Å²) in [6, 6.07) is 9.46. The number of benzene rings is 2. The summed E-state index contributed by atoms with van der Waals surface area (Å²) in [6.07, 6.45) is -5.32. The number of nitrogens with two attached hydrogens (primary N) is 1. The molecule has 25 heavy (non-hydrogen) atoms. The Bertz CT molecular complexity index is 749. The molecule has 0 radical (unpaired) electrons. The number of rotatable bonds is 6. The average molecular weight is 392 g/mol. The van der Waals surface area contributed by atoms with Crippen molar-refractivity contribution in [3.8, 4) is 5.75 Å². The highest BCUT2D eigenvalue weighted by atomic mass is 35.5. The number of carbonyl (C=O) groups excluding carboxylic acids is 1. The smallest absolute Gasteiger partial charge is 0.392 e. The van der Waals surface area contributed by atoms with Crippen LogP contribution in [0.3, 0.4) is 0 Å². The molecule has 0 spiro atoms. The van der Waals surface area contributed by atoms with Crippen molar-refractivity contribution in [3.63, 3.8) is 0 Å². The zero-order valence-corrected chi connectivity index (χ0v) is 14.3. The Kier molecular flexibility index (Phi) is 6.32. The van der Waals surface area contributed by atoms with E-state index in [-0.39, 0.29) is 16.6 Å². The molecule has 0 saturated carbocycles. The van der Waals surface area contributed by atoms with Crippen LogP contribution in [0, 0.1) is 0 Å². The number of carbonyl (C=O) groups is 1.